The number of H-pyrrole nitrogens is 1. The number of amides is 1. The van der Waals surface area contributed by atoms with E-state index in [1.807, 2.05) is 34.9 Å². The van der Waals surface area contributed by atoms with Gasteiger partial charge in [0, 0.05) is 25.6 Å². The van der Waals surface area contributed by atoms with Crippen molar-refractivity contribution in [2.24, 2.45) is 0 Å². The molecule has 0 bridgehead atoms. The largest absolute Gasteiger partial charge is 0.359 e. The van der Waals surface area contributed by atoms with E-state index in [1.165, 1.54) is 0 Å². The van der Waals surface area contributed by atoms with E-state index in [-0.39, 0.29) is 5.91 Å². The van der Waals surface area contributed by atoms with E-state index in [4.69, 9.17) is 12.2 Å². The second kappa shape index (κ2) is 5.59. The summed E-state index contributed by atoms with van der Waals surface area (Å²) in [4.78, 5) is 11.3. The van der Waals surface area contributed by atoms with E-state index >= 15 is 0 Å². The van der Waals surface area contributed by atoms with E-state index in [0.717, 1.165) is 11.4 Å². The van der Waals surface area contributed by atoms with Crippen molar-refractivity contribution in [3.05, 3.63) is 35.1 Å². The number of nitrogens with one attached hydrogen (secondary N) is 2. The lowest BCUT2D eigenvalue weighted by molar-refractivity contribution is -0.120. The first kappa shape index (κ1) is 12.5. The topological polar surface area (TPSA) is 62.7 Å². The maximum absolute atomic E-state index is 11.3. The Morgan fingerprint density at radius 3 is 2.83 bits per heavy atom. The zero-order valence-corrected chi connectivity index (χ0v) is 10.8. The van der Waals surface area contributed by atoms with Crippen LogP contribution in [0.25, 0.3) is 11.4 Å². The average Bonchev–Trinajstić information content (AvgIpc) is 2.78. The first-order valence-electron chi connectivity index (χ1n) is 5.63. The summed E-state index contributed by atoms with van der Waals surface area (Å²) in [7, 11) is 1.62. The Labute approximate surface area is 110 Å². The van der Waals surface area contributed by atoms with E-state index in [9.17, 15) is 4.79 Å². The zero-order chi connectivity index (χ0) is 13.0. The molecule has 1 heterocycles. The van der Waals surface area contributed by atoms with Gasteiger partial charge in [-0.1, -0.05) is 30.3 Å². The number of hydrogen-bond donors (Lipinski definition) is 2. The molecule has 0 radical (unpaired) electrons. The summed E-state index contributed by atoms with van der Waals surface area (Å²) in [5.41, 5.74) is 0.974. The number of nitrogens with zero attached hydrogens (tertiary/aromatic N) is 2. The molecule has 1 aromatic heterocycles. The van der Waals surface area contributed by atoms with Crippen LogP contribution in [0.5, 0.6) is 0 Å². The molecule has 1 amide bonds. The number of hydrogen-bond acceptors (Lipinski definition) is 3. The quantitative estimate of drug-likeness (QED) is 0.825. The van der Waals surface area contributed by atoms with Crippen LogP contribution in [0.1, 0.15) is 6.42 Å². The highest BCUT2D eigenvalue weighted by Crippen LogP contribution is 2.16. The van der Waals surface area contributed by atoms with E-state index in [1.54, 1.807) is 7.05 Å². The molecular formula is C12H14N4OS. The predicted octanol–water partition coefficient (Wildman–Crippen LogP) is 1.74. The Balaban J connectivity index is 2.28. The molecule has 5 nitrogen and oxygen atoms in total. The van der Waals surface area contributed by atoms with Gasteiger partial charge in [0.1, 0.15) is 0 Å². The molecule has 2 aromatic rings. The Kier molecular flexibility index (Phi) is 3.88. The summed E-state index contributed by atoms with van der Waals surface area (Å²) in [5, 5.41) is 9.55. The van der Waals surface area contributed by atoms with Gasteiger partial charge in [-0.3, -0.25) is 14.5 Å². The normalized spacial score (nSPS) is 10.3. The molecule has 0 atom stereocenters. The SMILES string of the molecule is CNC(=O)CCn1c(-c2ccccc2)n[nH]c1=S. The predicted molar refractivity (Wildman–Crippen MR) is 71.5 cm³/mol. The van der Waals surface area contributed by atoms with Crippen LogP contribution in [0.3, 0.4) is 0 Å². The molecule has 0 saturated heterocycles. The maximum atomic E-state index is 11.3. The molecule has 18 heavy (non-hydrogen) atoms. The van der Waals surface area contributed by atoms with Gasteiger partial charge in [-0.05, 0) is 12.2 Å². The van der Waals surface area contributed by atoms with Crippen LogP contribution >= 0.6 is 12.2 Å². The van der Waals surface area contributed by atoms with Crippen molar-refractivity contribution in [1.82, 2.24) is 20.1 Å². The van der Waals surface area contributed by atoms with Gasteiger partial charge in [-0.15, -0.1) is 0 Å². The van der Waals surface area contributed by atoms with Crippen LogP contribution in [-0.4, -0.2) is 27.7 Å². The Hall–Kier alpha value is -1.95. The number of carbonyl (C=O) groups excluding carboxylic acids is 1. The Morgan fingerprint density at radius 2 is 2.17 bits per heavy atom. The minimum absolute atomic E-state index is 0.0166. The fraction of sp³-hybridized carbons (Fsp3) is 0.250. The summed E-state index contributed by atoms with van der Waals surface area (Å²) < 4.78 is 2.36. The molecule has 6 heteroatoms. The van der Waals surface area contributed by atoms with Crippen molar-refractivity contribution in [2.75, 3.05) is 7.05 Å². The summed E-state index contributed by atoms with van der Waals surface area (Å²) in [5.74, 6) is 0.738. The van der Waals surface area contributed by atoms with Crippen LogP contribution in [-0.2, 0) is 11.3 Å². The third-order valence-corrected chi connectivity index (χ3v) is 2.94. The highest BCUT2D eigenvalue weighted by atomic mass is 32.1. The third kappa shape index (κ3) is 2.65. The van der Waals surface area contributed by atoms with E-state index in [0.29, 0.717) is 17.7 Å². The lowest BCUT2D eigenvalue weighted by Gasteiger charge is -2.06. The molecule has 94 valence electrons. The number of carbonyl (C=O) groups is 1. The standard InChI is InChI=1S/C12H14N4OS/c1-13-10(17)7-8-16-11(14-15-12(16)18)9-5-3-2-4-6-9/h2-6H,7-8H2,1H3,(H,13,17)(H,15,18). The Morgan fingerprint density at radius 1 is 1.44 bits per heavy atom. The fourth-order valence-corrected chi connectivity index (χ4v) is 1.89. The molecule has 0 aliphatic rings. The van der Waals surface area contributed by atoms with Crippen molar-refractivity contribution in [2.45, 2.75) is 13.0 Å². The fourth-order valence-electron chi connectivity index (χ4n) is 1.67. The smallest absolute Gasteiger partial charge is 0.221 e. The van der Waals surface area contributed by atoms with Gasteiger partial charge < -0.3 is 5.32 Å². The molecule has 0 aliphatic carbocycles. The number of benzene rings is 1. The number of rotatable bonds is 4. The lowest BCUT2D eigenvalue weighted by Crippen LogP contribution is -2.19. The molecule has 0 saturated carbocycles. The monoisotopic (exact) mass is 262 g/mol. The molecule has 2 N–H and O–H groups in total. The summed E-state index contributed by atoms with van der Waals surface area (Å²) >= 11 is 5.17. The second-order valence-corrected chi connectivity index (χ2v) is 4.18. The van der Waals surface area contributed by atoms with Crippen molar-refractivity contribution >= 4 is 18.1 Å². The van der Waals surface area contributed by atoms with Crippen LogP contribution in [0, 0.1) is 4.77 Å². The van der Waals surface area contributed by atoms with Gasteiger partial charge in [0.25, 0.3) is 0 Å². The maximum Gasteiger partial charge on any atom is 0.221 e. The van der Waals surface area contributed by atoms with Crippen molar-refractivity contribution in [3.8, 4) is 11.4 Å². The van der Waals surface area contributed by atoms with E-state index in [2.05, 4.69) is 15.5 Å². The van der Waals surface area contributed by atoms with Crippen molar-refractivity contribution in [1.29, 1.82) is 0 Å². The van der Waals surface area contributed by atoms with Gasteiger partial charge >= 0.3 is 0 Å². The summed E-state index contributed by atoms with van der Waals surface area (Å²) in [6, 6.07) is 9.74. The summed E-state index contributed by atoms with van der Waals surface area (Å²) in [6.45, 7) is 0.513. The van der Waals surface area contributed by atoms with Crippen LogP contribution in [0.15, 0.2) is 30.3 Å². The van der Waals surface area contributed by atoms with Crippen LogP contribution in [0.4, 0.5) is 0 Å². The molecular weight excluding hydrogens is 248 g/mol. The van der Waals surface area contributed by atoms with Gasteiger partial charge in [0.2, 0.25) is 5.91 Å². The highest BCUT2D eigenvalue weighted by molar-refractivity contribution is 7.71. The molecule has 0 aliphatic heterocycles. The van der Waals surface area contributed by atoms with E-state index < -0.39 is 0 Å². The summed E-state index contributed by atoms with van der Waals surface area (Å²) in [6.07, 6.45) is 0.379. The molecule has 0 unspecified atom stereocenters. The molecule has 2 rings (SSSR count). The van der Waals surface area contributed by atoms with Gasteiger partial charge in [-0.25, -0.2) is 0 Å². The minimum Gasteiger partial charge on any atom is -0.359 e. The first-order valence-corrected chi connectivity index (χ1v) is 6.04. The lowest BCUT2D eigenvalue weighted by atomic mass is 10.2. The van der Waals surface area contributed by atoms with Crippen LogP contribution < -0.4 is 5.32 Å². The third-order valence-electron chi connectivity index (χ3n) is 2.63. The molecule has 0 spiro atoms. The highest BCUT2D eigenvalue weighted by Gasteiger charge is 2.09. The van der Waals surface area contributed by atoms with Gasteiger partial charge in [0.15, 0.2) is 10.6 Å². The minimum atomic E-state index is -0.0166. The van der Waals surface area contributed by atoms with Gasteiger partial charge in [-0.2, -0.15) is 5.10 Å². The second-order valence-electron chi connectivity index (χ2n) is 3.79. The molecule has 0 fully saturated rings. The van der Waals surface area contributed by atoms with Crippen molar-refractivity contribution < 1.29 is 4.79 Å². The number of aromatic nitrogens is 3. The van der Waals surface area contributed by atoms with Gasteiger partial charge in [0.05, 0.1) is 0 Å². The van der Waals surface area contributed by atoms with Crippen LogP contribution in [0.2, 0.25) is 0 Å². The zero-order valence-electron chi connectivity index (χ0n) is 10.0. The Bertz CT molecular complexity index is 588. The first-order chi connectivity index (χ1) is 8.72. The number of aromatic amines is 1. The van der Waals surface area contributed by atoms with Crippen molar-refractivity contribution in [3.63, 3.8) is 0 Å². The molecule has 1 aromatic carbocycles. The average molecular weight is 262 g/mol.